The van der Waals surface area contributed by atoms with Crippen LogP contribution in [-0.4, -0.2) is 21.5 Å². The second-order valence-corrected chi connectivity index (χ2v) is 7.96. The molecule has 0 aromatic heterocycles. The summed E-state index contributed by atoms with van der Waals surface area (Å²) in [5, 5.41) is 3.37. The largest absolute Gasteiger partial charge is 0.383 e. The number of nitrogens with one attached hydrogen (secondary N) is 2. The first-order chi connectivity index (χ1) is 9.97. The van der Waals surface area contributed by atoms with Gasteiger partial charge in [-0.1, -0.05) is 45.2 Å². The number of benzene rings is 1. The Bertz CT molecular complexity index is 563. The predicted molar refractivity (Wildman–Crippen MR) is 87.0 cm³/mol. The van der Waals surface area contributed by atoms with Crippen LogP contribution in [0.15, 0.2) is 29.2 Å². The van der Waals surface area contributed by atoms with Crippen LogP contribution in [0.2, 0.25) is 0 Å². The first kappa shape index (κ1) is 16.3. The highest BCUT2D eigenvalue weighted by molar-refractivity contribution is 7.89. The molecule has 0 spiro atoms. The van der Waals surface area contributed by atoms with Crippen LogP contribution in [0.4, 0.5) is 5.69 Å². The van der Waals surface area contributed by atoms with E-state index in [1.165, 1.54) is 32.1 Å². The summed E-state index contributed by atoms with van der Waals surface area (Å²) in [5.74, 6) is 0. The highest BCUT2D eigenvalue weighted by Crippen LogP contribution is 2.36. The summed E-state index contributed by atoms with van der Waals surface area (Å²) in [6.07, 6.45) is 6.29. The maximum Gasteiger partial charge on any atom is 0.242 e. The van der Waals surface area contributed by atoms with Crippen molar-refractivity contribution in [3.05, 3.63) is 24.3 Å². The van der Waals surface area contributed by atoms with Gasteiger partial charge in [0, 0.05) is 13.1 Å². The Kier molecular flexibility index (Phi) is 5.27. The van der Waals surface area contributed by atoms with Gasteiger partial charge in [0.05, 0.1) is 5.69 Å². The van der Waals surface area contributed by atoms with Crippen molar-refractivity contribution in [1.29, 1.82) is 0 Å². The molecule has 1 saturated carbocycles. The zero-order chi connectivity index (χ0) is 15.3. The van der Waals surface area contributed by atoms with Gasteiger partial charge in [0.15, 0.2) is 0 Å². The Morgan fingerprint density at radius 1 is 1.14 bits per heavy atom. The Labute approximate surface area is 128 Å². The molecule has 2 rings (SSSR count). The van der Waals surface area contributed by atoms with Crippen molar-refractivity contribution < 1.29 is 8.42 Å². The third-order valence-electron chi connectivity index (χ3n) is 4.28. The average Bonchev–Trinajstić information content (AvgIpc) is 2.46. The lowest BCUT2D eigenvalue weighted by Crippen LogP contribution is -2.30. The molecule has 1 aromatic rings. The lowest BCUT2D eigenvalue weighted by atomic mass is 9.76. The molecule has 0 amide bonds. The molecular weight excluding hydrogens is 284 g/mol. The van der Waals surface area contributed by atoms with Gasteiger partial charge in [-0.3, -0.25) is 0 Å². The highest BCUT2D eigenvalue weighted by atomic mass is 32.2. The third-order valence-corrected chi connectivity index (χ3v) is 5.88. The molecule has 118 valence electrons. The van der Waals surface area contributed by atoms with Gasteiger partial charge in [0.25, 0.3) is 0 Å². The summed E-state index contributed by atoms with van der Waals surface area (Å²) in [6.45, 7) is 5.30. The molecule has 1 aliphatic carbocycles. The Morgan fingerprint density at radius 2 is 1.81 bits per heavy atom. The quantitative estimate of drug-likeness (QED) is 0.847. The average molecular weight is 310 g/mol. The van der Waals surface area contributed by atoms with E-state index in [1.807, 2.05) is 12.1 Å². The molecule has 0 heterocycles. The van der Waals surface area contributed by atoms with Gasteiger partial charge < -0.3 is 5.32 Å². The number of hydrogen-bond donors (Lipinski definition) is 2. The molecule has 1 aliphatic rings. The molecule has 21 heavy (non-hydrogen) atoms. The van der Waals surface area contributed by atoms with Crippen LogP contribution >= 0.6 is 0 Å². The number of para-hydroxylation sites is 1. The van der Waals surface area contributed by atoms with Crippen LogP contribution in [0.5, 0.6) is 0 Å². The number of anilines is 1. The van der Waals surface area contributed by atoms with Gasteiger partial charge in [0.1, 0.15) is 4.90 Å². The minimum absolute atomic E-state index is 0.271. The molecule has 1 aromatic carbocycles. The molecule has 1 fully saturated rings. The second-order valence-electron chi connectivity index (χ2n) is 6.22. The lowest BCUT2D eigenvalue weighted by Gasteiger charge is -2.34. The van der Waals surface area contributed by atoms with Crippen LogP contribution in [0.1, 0.15) is 46.0 Å². The molecule has 0 aliphatic heterocycles. The topological polar surface area (TPSA) is 58.2 Å². The van der Waals surface area contributed by atoms with Crippen LogP contribution in [0.25, 0.3) is 0 Å². The Hall–Kier alpha value is -1.07. The Balaban J connectivity index is 2.13. The minimum atomic E-state index is -3.43. The van der Waals surface area contributed by atoms with Gasteiger partial charge >= 0.3 is 0 Å². The molecule has 4 nitrogen and oxygen atoms in total. The second kappa shape index (κ2) is 6.79. The van der Waals surface area contributed by atoms with E-state index < -0.39 is 10.0 Å². The number of sulfonamides is 1. The summed E-state index contributed by atoms with van der Waals surface area (Å²) in [4.78, 5) is 0.339. The molecular formula is C16H26N2O2S. The van der Waals surface area contributed by atoms with E-state index >= 15 is 0 Å². The molecule has 5 heteroatoms. The summed E-state index contributed by atoms with van der Waals surface area (Å²) in [5.41, 5.74) is 0.970. The van der Waals surface area contributed by atoms with E-state index in [4.69, 9.17) is 0 Å². The maximum absolute atomic E-state index is 12.2. The first-order valence-corrected chi connectivity index (χ1v) is 9.28. The summed E-state index contributed by atoms with van der Waals surface area (Å²) in [7, 11) is -3.43. The molecule has 0 saturated heterocycles. The van der Waals surface area contributed by atoms with Gasteiger partial charge in [-0.25, -0.2) is 13.1 Å². The van der Waals surface area contributed by atoms with Crippen molar-refractivity contribution in [3.8, 4) is 0 Å². The third kappa shape index (κ3) is 4.20. The number of hydrogen-bond acceptors (Lipinski definition) is 3. The van der Waals surface area contributed by atoms with Crippen molar-refractivity contribution >= 4 is 15.7 Å². The fourth-order valence-electron chi connectivity index (χ4n) is 3.01. The van der Waals surface area contributed by atoms with E-state index in [2.05, 4.69) is 17.0 Å². The minimum Gasteiger partial charge on any atom is -0.383 e. The maximum atomic E-state index is 12.2. The van der Waals surface area contributed by atoms with Gasteiger partial charge in [-0.05, 0) is 30.4 Å². The van der Waals surface area contributed by atoms with Crippen LogP contribution in [0.3, 0.4) is 0 Å². The van der Waals surface area contributed by atoms with Crippen molar-refractivity contribution in [2.75, 3.05) is 18.4 Å². The molecule has 0 bridgehead atoms. The SMILES string of the molecule is CCNS(=O)(=O)c1ccccc1NCC1(C)CCCCC1. The van der Waals surface area contributed by atoms with Crippen LogP contribution in [0, 0.1) is 5.41 Å². The first-order valence-electron chi connectivity index (χ1n) is 7.79. The zero-order valence-electron chi connectivity index (χ0n) is 13.0. The van der Waals surface area contributed by atoms with Gasteiger partial charge in [0.2, 0.25) is 10.0 Å². The normalized spacial score (nSPS) is 18.4. The fourth-order valence-corrected chi connectivity index (χ4v) is 4.23. The van der Waals surface area contributed by atoms with E-state index in [-0.39, 0.29) is 5.41 Å². The van der Waals surface area contributed by atoms with E-state index in [0.717, 1.165) is 6.54 Å². The van der Waals surface area contributed by atoms with Crippen LogP contribution in [-0.2, 0) is 10.0 Å². The van der Waals surface area contributed by atoms with Gasteiger partial charge in [-0.2, -0.15) is 0 Å². The standard InChI is InChI=1S/C16H26N2O2S/c1-3-18-21(19,20)15-10-6-5-9-14(15)17-13-16(2)11-7-4-8-12-16/h5-6,9-10,17-18H,3-4,7-8,11-13H2,1-2H3. The van der Waals surface area contributed by atoms with Crippen LogP contribution < -0.4 is 10.0 Å². The van der Waals surface area contributed by atoms with Crippen molar-refractivity contribution in [1.82, 2.24) is 4.72 Å². The van der Waals surface area contributed by atoms with Gasteiger partial charge in [-0.15, -0.1) is 0 Å². The van der Waals surface area contributed by atoms with E-state index in [0.29, 0.717) is 17.1 Å². The van der Waals surface area contributed by atoms with E-state index in [9.17, 15) is 8.42 Å². The summed E-state index contributed by atoms with van der Waals surface area (Å²) >= 11 is 0. The monoisotopic (exact) mass is 310 g/mol. The Morgan fingerprint density at radius 3 is 2.48 bits per heavy atom. The lowest BCUT2D eigenvalue weighted by molar-refractivity contribution is 0.233. The zero-order valence-corrected chi connectivity index (χ0v) is 13.8. The molecule has 2 N–H and O–H groups in total. The smallest absolute Gasteiger partial charge is 0.242 e. The summed E-state index contributed by atoms with van der Waals surface area (Å²) in [6, 6.07) is 7.13. The van der Waals surface area contributed by atoms with Crippen molar-refractivity contribution in [3.63, 3.8) is 0 Å². The fraction of sp³-hybridized carbons (Fsp3) is 0.625. The van der Waals surface area contributed by atoms with Crippen molar-refractivity contribution in [2.24, 2.45) is 5.41 Å². The highest BCUT2D eigenvalue weighted by Gasteiger charge is 2.27. The number of rotatable bonds is 6. The van der Waals surface area contributed by atoms with Crippen molar-refractivity contribution in [2.45, 2.75) is 50.8 Å². The molecule has 0 radical (unpaired) electrons. The molecule has 0 atom stereocenters. The van der Waals surface area contributed by atoms with E-state index in [1.54, 1.807) is 19.1 Å². The summed E-state index contributed by atoms with van der Waals surface area (Å²) < 4.78 is 27.0. The molecule has 0 unspecified atom stereocenters. The predicted octanol–water partition coefficient (Wildman–Crippen LogP) is 3.37.